The predicted molar refractivity (Wildman–Crippen MR) is 89.0 cm³/mol. The van der Waals surface area contributed by atoms with Crippen molar-refractivity contribution >= 4 is 23.9 Å². The van der Waals surface area contributed by atoms with Crippen molar-refractivity contribution in [3.05, 3.63) is 22.5 Å². The SMILES string of the molecule is CCOC(=O)CCc1c(C(=O)O)[nH]c(C(=O)OCC)c1CC(=O)OCC. The fourth-order valence-corrected chi connectivity index (χ4v) is 2.43. The van der Waals surface area contributed by atoms with Crippen LogP contribution in [-0.4, -0.2) is 53.8 Å². The molecule has 144 valence electrons. The molecule has 0 saturated heterocycles. The van der Waals surface area contributed by atoms with E-state index in [1.807, 2.05) is 0 Å². The van der Waals surface area contributed by atoms with Crippen LogP contribution in [0.25, 0.3) is 0 Å². The first kappa shape index (κ1) is 21.2. The molecular formula is C17H23NO8. The Kier molecular flexibility index (Phi) is 8.33. The van der Waals surface area contributed by atoms with Crippen molar-refractivity contribution in [1.82, 2.24) is 4.98 Å². The van der Waals surface area contributed by atoms with E-state index in [4.69, 9.17) is 14.2 Å². The Balaban J connectivity index is 3.30. The minimum Gasteiger partial charge on any atom is -0.477 e. The van der Waals surface area contributed by atoms with Gasteiger partial charge in [0.05, 0.1) is 26.2 Å². The second-order valence-corrected chi connectivity index (χ2v) is 5.14. The van der Waals surface area contributed by atoms with E-state index in [1.165, 1.54) is 0 Å². The topological polar surface area (TPSA) is 132 Å². The molecule has 0 spiro atoms. The summed E-state index contributed by atoms with van der Waals surface area (Å²) < 4.78 is 14.6. The second kappa shape index (κ2) is 10.2. The Labute approximate surface area is 150 Å². The maximum atomic E-state index is 12.1. The van der Waals surface area contributed by atoms with Crippen molar-refractivity contribution in [2.24, 2.45) is 0 Å². The normalized spacial score (nSPS) is 10.3. The number of aromatic nitrogens is 1. The minimum absolute atomic E-state index is 0.00882. The van der Waals surface area contributed by atoms with Crippen molar-refractivity contribution in [3.8, 4) is 0 Å². The van der Waals surface area contributed by atoms with Gasteiger partial charge in [-0.2, -0.15) is 0 Å². The highest BCUT2D eigenvalue weighted by atomic mass is 16.5. The molecule has 2 N–H and O–H groups in total. The number of H-pyrrole nitrogens is 1. The lowest BCUT2D eigenvalue weighted by Crippen LogP contribution is -2.14. The number of ether oxygens (including phenoxy) is 3. The number of carboxylic acid groups (broad SMARTS) is 1. The highest BCUT2D eigenvalue weighted by molar-refractivity contribution is 5.96. The van der Waals surface area contributed by atoms with Gasteiger partial charge in [0.15, 0.2) is 0 Å². The van der Waals surface area contributed by atoms with Crippen LogP contribution in [-0.2, 0) is 36.6 Å². The molecule has 0 amide bonds. The van der Waals surface area contributed by atoms with Crippen LogP contribution in [0.15, 0.2) is 0 Å². The third-order valence-electron chi connectivity index (χ3n) is 3.42. The zero-order valence-electron chi connectivity index (χ0n) is 15.0. The Morgan fingerprint density at radius 1 is 0.846 bits per heavy atom. The summed E-state index contributed by atoms with van der Waals surface area (Å²) in [4.78, 5) is 49.7. The van der Waals surface area contributed by atoms with E-state index in [0.717, 1.165) is 0 Å². The lowest BCUT2D eigenvalue weighted by molar-refractivity contribution is -0.143. The number of esters is 3. The number of carbonyl (C=O) groups excluding carboxylic acids is 3. The quantitative estimate of drug-likeness (QED) is 0.468. The van der Waals surface area contributed by atoms with E-state index in [-0.39, 0.29) is 61.6 Å². The van der Waals surface area contributed by atoms with Gasteiger partial charge in [0.2, 0.25) is 0 Å². The maximum absolute atomic E-state index is 12.1. The fraction of sp³-hybridized carbons (Fsp3) is 0.529. The first-order valence-electron chi connectivity index (χ1n) is 8.30. The number of rotatable bonds is 10. The van der Waals surface area contributed by atoms with Crippen LogP contribution in [0.2, 0.25) is 0 Å². The van der Waals surface area contributed by atoms with Gasteiger partial charge in [-0.3, -0.25) is 9.59 Å². The lowest BCUT2D eigenvalue weighted by Gasteiger charge is -2.08. The molecule has 0 aliphatic carbocycles. The lowest BCUT2D eigenvalue weighted by atomic mass is 10.0. The Morgan fingerprint density at radius 3 is 1.96 bits per heavy atom. The number of aromatic amines is 1. The number of aromatic carboxylic acids is 1. The van der Waals surface area contributed by atoms with Gasteiger partial charge in [-0.15, -0.1) is 0 Å². The second-order valence-electron chi connectivity index (χ2n) is 5.14. The van der Waals surface area contributed by atoms with Gasteiger partial charge in [0.25, 0.3) is 0 Å². The first-order chi connectivity index (χ1) is 12.3. The van der Waals surface area contributed by atoms with Crippen LogP contribution in [0.5, 0.6) is 0 Å². The maximum Gasteiger partial charge on any atom is 0.355 e. The molecule has 0 bridgehead atoms. The first-order valence-corrected chi connectivity index (χ1v) is 8.30. The molecule has 0 unspecified atom stereocenters. The molecule has 1 aromatic rings. The number of hydrogen-bond acceptors (Lipinski definition) is 7. The monoisotopic (exact) mass is 369 g/mol. The molecule has 0 saturated carbocycles. The summed E-state index contributed by atoms with van der Waals surface area (Å²) in [6.45, 7) is 5.31. The van der Waals surface area contributed by atoms with Gasteiger partial charge in [0, 0.05) is 6.42 Å². The van der Waals surface area contributed by atoms with Gasteiger partial charge in [-0.1, -0.05) is 0 Å². The van der Waals surface area contributed by atoms with E-state index in [0.29, 0.717) is 0 Å². The molecule has 0 aliphatic heterocycles. The van der Waals surface area contributed by atoms with E-state index >= 15 is 0 Å². The number of carboxylic acids is 1. The van der Waals surface area contributed by atoms with Crippen LogP contribution >= 0.6 is 0 Å². The Morgan fingerprint density at radius 2 is 1.42 bits per heavy atom. The smallest absolute Gasteiger partial charge is 0.355 e. The average Bonchev–Trinajstić information content (AvgIpc) is 2.92. The fourth-order valence-electron chi connectivity index (χ4n) is 2.43. The van der Waals surface area contributed by atoms with E-state index in [2.05, 4.69) is 4.98 Å². The van der Waals surface area contributed by atoms with Crippen LogP contribution < -0.4 is 0 Å². The largest absolute Gasteiger partial charge is 0.477 e. The van der Waals surface area contributed by atoms with Gasteiger partial charge >= 0.3 is 23.9 Å². The molecule has 9 nitrogen and oxygen atoms in total. The molecule has 0 aromatic carbocycles. The highest BCUT2D eigenvalue weighted by Crippen LogP contribution is 2.24. The summed E-state index contributed by atoms with van der Waals surface area (Å²) in [5, 5.41) is 9.41. The van der Waals surface area contributed by atoms with Gasteiger partial charge in [-0.05, 0) is 38.3 Å². The number of carbonyl (C=O) groups is 4. The van der Waals surface area contributed by atoms with Crippen LogP contribution in [0, 0.1) is 0 Å². The van der Waals surface area contributed by atoms with Gasteiger partial charge in [-0.25, -0.2) is 9.59 Å². The molecule has 0 aliphatic rings. The van der Waals surface area contributed by atoms with Crippen molar-refractivity contribution in [2.45, 2.75) is 40.0 Å². The molecule has 0 radical (unpaired) electrons. The summed E-state index contributed by atoms with van der Waals surface area (Å²) in [7, 11) is 0. The highest BCUT2D eigenvalue weighted by Gasteiger charge is 2.28. The van der Waals surface area contributed by atoms with Crippen LogP contribution in [0.4, 0.5) is 0 Å². The summed E-state index contributed by atoms with van der Waals surface area (Å²) in [5.74, 6) is -3.22. The summed E-state index contributed by atoms with van der Waals surface area (Å²) >= 11 is 0. The zero-order chi connectivity index (χ0) is 19.7. The Bertz CT molecular complexity index is 677. The number of nitrogens with one attached hydrogen (secondary N) is 1. The van der Waals surface area contributed by atoms with Crippen molar-refractivity contribution in [1.29, 1.82) is 0 Å². The minimum atomic E-state index is -1.32. The zero-order valence-corrected chi connectivity index (χ0v) is 15.0. The average molecular weight is 369 g/mol. The van der Waals surface area contributed by atoms with E-state index in [9.17, 15) is 24.3 Å². The summed E-state index contributed by atoms with van der Waals surface area (Å²) in [6, 6.07) is 0. The molecular weight excluding hydrogens is 346 g/mol. The Hall–Kier alpha value is -2.84. The van der Waals surface area contributed by atoms with E-state index < -0.39 is 23.9 Å². The molecule has 1 heterocycles. The molecule has 1 aromatic heterocycles. The standard InChI is InChI=1S/C17H23NO8/c1-4-24-12(19)8-7-10-11(9-13(20)25-5-2)15(17(23)26-6-3)18-14(10)16(21)22/h18H,4-9H2,1-3H3,(H,21,22). The van der Waals surface area contributed by atoms with Crippen LogP contribution in [0.3, 0.4) is 0 Å². The van der Waals surface area contributed by atoms with Crippen LogP contribution in [0.1, 0.15) is 59.3 Å². The third-order valence-corrected chi connectivity index (χ3v) is 3.42. The molecule has 26 heavy (non-hydrogen) atoms. The van der Waals surface area contributed by atoms with Crippen molar-refractivity contribution < 1.29 is 38.5 Å². The third kappa shape index (κ3) is 5.61. The molecule has 1 rings (SSSR count). The molecule has 0 atom stereocenters. The van der Waals surface area contributed by atoms with Gasteiger partial charge in [0.1, 0.15) is 11.4 Å². The van der Waals surface area contributed by atoms with Gasteiger partial charge < -0.3 is 24.3 Å². The predicted octanol–water partition coefficient (Wildman–Crippen LogP) is 1.49. The summed E-state index contributed by atoms with van der Waals surface area (Å²) in [5.41, 5.74) is -0.0573. The molecule has 9 heteroatoms. The van der Waals surface area contributed by atoms with Crippen molar-refractivity contribution in [2.75, 3.05) is 19.8 Å². The van der Waals surface area contributed by atoms with E-state index in [1.54, 1.807) is 20.8 Å². The number of hydrogen-bond donors (Lipinski definition) is 2. The molecule has 0 fully saturated rings. The summed E-state index contributed by atoms with van der Waals surface area (Å²) in [6.07, 6.45) is -0.418. The van der Waals surface area contributed by atoms with Crippen molar-refractivity contribution in [3.63, 3.8) is 0 Å².